The Labute approximate surface area is 81.7 Å². The number of ether oxygens (including phenoxy) is 1. The molecule has 5 heteroatoms. The molecule has 1 aromatic rings. The van der Waals surface area contributed by atoms with E-state index in [1.165, 1.54) is 4.57 Å². The monoisotopic (exact) mass is 195 g/mol. The summed E-state index contributed by atoms with van der Waals surface area (Å²) in [5.74, 6) is 1.27. The Hall–Kier alpha value is -1.52. The molecule has 1 aromatic heterocycles. The summed E-state index contributed by atoms with van der Waals surface area (Å²) in [6, 6.07) is 0. The second kappa shape index (κ2) is 3.01. The van der Waals surface area contributed by atoms with Crippen LogP contribution in [0.4, 0.5) is 5.82 Å². The summed E-state index contributed by atoms with van der Waals surface area (Å²) in [5.41, 5.74) is 0.698. The average molecular weight is 195 g/mol. The van der Waals surface area contributed by atoms with E-state index in [0.717, 1.165) is 17.8 Å². The van der Waals surface area contributed by atoms with Crippen LogP contribution < -0.4 is 15.7 Å². The molecule has 0 aliphatic carbocycles. The Balaban J connectivity index is 2.65. The molecular formula is C9H13N3O2. The number of aromatic nitrogens is 2. The van der Waals surface area contributed by atoms with Crippen molar-refractivity contribution in [1.82, 2.24) is 9.55 Å². The maximum atomic E-state index is 11.4. The Morgan fingerprint density at radius 3 is 3.00 bits per heavy atom. The van der Waals surface area contributed by atoms with Crippen LogP contribution in [0.5, 0.6) is 5.88 Å². The summed E-state index contributed by atoms with van der Waals surface area (Å²) in [7, 11) is 3.49. The third-order valence-corrected chi connectivity index (χ3v) is 2.40. The molecule has 1 N–H and O–H groups in total. The van der Waals surface area contributed by atoms with Crippen molar-refractivity contribution in [3.05, 3.63) is 16.0 Å². The van der Waals surface area contributed by atoms with E-state index < -0.39 is 0 Å². The third kappa shape index (κ3) is 1.16. The van der Waals surface area contributed by atoms with Gasteiger partial charge in [0, 0.05) is 20.5 Å². The summed E-state index contributed by atoms with van der Waals surface area (Å²) in [4.78, 5) is 15.3. The van der Waals surface area contributed by atoms with Crippen molar-refractivity contribution in [2.75, 3.05) is 12.4 Å². The molecule has 1 atom stereocenters. The van der Waals surface area contributed by atoms with Crippen LogP contribution in [0.3, 0.4) is 0 Å². The van der Waals surface area contributed by atoms with E-state index in [1.54, 1.807) is 14.1 Å². The molecule has 1 aliphatic heterocycles. The minimum absolute atomic E-state index is 0.103. The lowest BCUT2D eigenvalue weighted by Gasteiger charge is -2.09. The van der Waals surface area contributed by atoms with Gasteiger partial charge in [0.1, 0.15) is 11.9 Å². The highest BCUT2D eigenvalue weighted by atomic mass is 16.5. The zero-order valence-electron chi connectivity index (χ0n) is 8.50. The van der Waals surface area contributed by atoms with Crippen molar-refractivity contribution >= 4 is 5.82 Å². The molecule has 1 aliphatic rings. The van der Waals surface area contributed by atoms with Crippen LogP contribution >= 0.6 is 0 Å². The molecule has 0 radical (unpaired) electrons. The topological polar surface area (TPSA) is 56.2 Å². The molecule has 76 valence electrons. The molecule has 0 fully saturated rings. The van der Waals surface area contributed by atoms with Crippen LogP contribution in [0.2, 0.25) is 0 Å². The molecule has 0 spiro atoms. The van der Waals surface area contributed by atoms with E-state index >= 15 is 0 Å². The van der Waals surface area contributed by atoms with Gasteiger partial charge in [-0.3, -0.25) is 4.57 Å². The molecule has 0 aromatic carbocycles. The highest BCUT2D eigenvalue weighted by Crippen LogP contribution is 2.30. The van der Waals surface area contributed by atoms with Crippen molar-refractivity contribution in [2.24, 2.45) is 7.05 Å². The zero-order valence-corrected chi connectivity index (χ0v) is 8.50. The van der Waals surface area contributed by atoms with E-state index in [4.69, 9.17) is 4.74 Å². The fourth-order valence-corrected chi connectivity index (χ4v) is 1.75. The van der Waals surface area contributed by atoms with Crippen LogP contribution in [0.25, 0.3) is 0 Å². The predicted molar refractivity (Wildman–Crippen MR) is 52.8 cm³/mol. The molecule has 0 saturated heterocycles. The van der Waals surface area contributed by atoms with Gasteiger partial charge in [0.05, 0.1) is 5.56 Å². The lowest BCUT2D eigenvalue weighted by atomic mass is 10.2. The lowest BCUT2D eigenvalue weighted by molar-refractivity contribution is 0.245. The van der Waals surface area contributed by atoms with Gasteiger partial charge in [0.15, 0.2) is 0 Å². The van der Waals surface area contributed by atoms with Crippen LogP contribution in [0.15, 0.2) is 4.79 Å². The number of nitrogens with zero attached hydrogens (tertiary/aromatic N) is 2. The standard InChI is InChI=1S/C9H13N3O2/c1-5-4-6-7(10-2)12(3)9(13)11-8(6)14-5/h5,10H,4H2,1-3H3. The molecule has 0 saturated carbocycles. The van der Waals surface area contributed by atoms with Crippen molar-refractivity contribution in [2.45, 2.75) is 19.4 Å². The molecule has 1 unspecified atom stereocenters. The highest BCUT2D eigenvalue weighted by molar-refractivity contribution is 5.51. The molecule has 2 rings (SSSR count). The van der Waals surface area contributed by atoms with Crippen molar-refractivity contribution in [3.63, 3.8) is 0 Å². The maximum Gasteiger partial charge on any atom is 0.352 e. The van der Waals surface area contributed by atoms with Gasteiger partial charge in [-0.15, -0.1) is 0 Å². The third-order valence-electron chi connectivity index (χ3n) is 2.40. The predicted octanol–water partition coefficient (Wildman–Crippen LogP) is 0.145. The number of hydrogen-bond donors (Lipinski definition) is 1. The number of rotatable bonds is 1. The first-order valence-electron chi connectivity index (χ1n) is 4.57. The highest BCUT2D eigenvalue weighted by Gasteiger charge is 2.25. The number of anilines is 1. The quantitative estimate of drug-likeness (QED) is 0.692. The molecule has 14 heavy (non-hydrogen) atoms. The van der Waals surface area contributed by atoms with Gasteiger partial charge < -0.3 is 10.1 Å². The summed E-state index contributed by atoms with van der Waals surface area (Å²) in [6.07, 6.45) is 0.901. The molecule has 0 bridgehead atoms. The van der Waals surface area contributed by atoms with E-state index in [0.29, 0.717) is 5.88 Å². The van der Waals surface area contributed by atoms with Gasteiger partial charge in [0.2, 0.25) is 5.88 Å². The summed E-state index contributed by atoms with van der Waals surface area (Å²) >= 11 is 0. The average Bonchev–Trinajstić information content (AvgIpc) is 2.47. The van der Waals surface area contributed by atoms with Gasteiger partial charge in [-0.25, -0.2) is 4.79 Å². The molecular weight excluding hydrogens is 182 g/mol. The first-order valence-corrected chi connectivity index (χ1v) is 4.57. The van der Waals surface area contributed by atoms with Gasteiger partial charge in [-0.05, 0) is 6.92 Å². The smallest absolute Gasteiger partial charge is 0.352 e. The Bertz CT molecular complexity index is 425. The van der Waals surface area contributed by atoms with Crippen molar-refractivity contribution < 1.29 is 4.74 Å². The van der Waals surface area contributed by atoms with Crippen LogP contribution in [-0.4, -0.2) is 22.7 Å². The fraction of sp³-hybridized carbons (Fsp3) is 0.556. The molecule has 2 heterocycles. The van der Waals surface area contributed by atoms with Crippen LogP contribution in [-0.2, 0) is 13.5 Å². The zero-order chi connectivity index (χ0) is 10.3. The Morgan fingerprint density at radius 2 is 2.36 bits per heavy atom. The number of nitrogens with one attached hydrogen (secondary N) is 1. The minimum Gasteiger partial charge on any atom is -0.474 e. The van der Waals surface area contributed by atoms with E-state index in [1.807, 2.05) is 6.92 Å². The summed E-state index contributed by atoms with van der Waals surface area (Å²) < 4.78 is 6.92. The lowest BCUT2D eigenvalue weighted by Crippen LogP contribution is -2.23. The first-order chi connectivity index (χ1) is 6.63. The normalized spacial score (nSPS) is 18.9. The van der Waals surface area contributed by atoms with Gasteiger partial charge in [-0.1, -0.05) is 0 Å². The SMILES string of the molecule is CNc1c2c(nc(=O)n1C)OC(C)C2. The Morgan fingerprint density at radius 1 is 1.64 bits per heavy atom. The molecule has 5 nitrogen and oxygen atoms in total. The first kappa shape index (κ1) is 9.05. The second-order valence-corrected chi connectivity index (χ2v) is 3.47. The minimum atomic E-state index is -0.290. The van der Waals surface area contributed by atoms with Crippen LogP contribution in [0, 0.1) is 0 Å². The van der Waals surface area contributed by atoms with Crippen molar-refractivity contribution in [3.8, 4) is 5.88 Å². The summed E-state index contributed by atoms with van der Waals surface area (Å²) in [5, 5.41) is 3.00. The second-order valence-electron chi connectivity index (χ2n) is 3.47. The van der Waals surface area contributed by atoms with E-state index in [-0.39, 0.29) is 11.8 Å². The van der Waals surface area contributed by atoms with Gasteiger partial charge in [0.25, 0.3) is 0 Å². The number of hydrogen-bond acceptors (Lipinski definition) is 4. The van der Waals surface area contributed by atoms with Gasteiger partial charge >= 0.3 is 5.69 Å². The van der Waals surface area contributed by atoms with Gasteiger partial charge in [-0.2, -0.15) is 4.98 Å². The van der Waals surface area contributed by atoms with E-state index in [2.05, 4.69) is 10.3 Å². The van der Waals surface area contributed by atoms with Crippen molar-refractivity contribution in [1.29, 1.82) is 0 Å². The number of fused-ring (bicyclic) bond motifs is 1. The largest absolute Gasteiger partial charge is 0.474 e. The Kier molecular flexibility index (Phi) is 1.94. The summed E-state index contributed by atoms with van der Waals surface area (Å²) in [6.45, 7) is 1.96. The maximum absolute atomic E-state index is 11.4. The molecule has 0 amide bonds. The van der Waals surface area contributed by atoms with Crippen LogP contribution in [0.1, 0.15) is 12.5 Å². The van der Waals surface area contributed by atoms with E-state index in [9.17, 15) is 4.79 Å². The fourth-order valence-electron chi connectivity index (χ4n) is 1.75.